The molecule has 5 nitrogen and oxygen atoms in total. The van der Waals surface area contributed by atoms with Crippen molar-refractivity contribution >= 4 is 5.97 Å². The van der Waals surface area contributed by atoms with Gasteiger partial charge in [-0.3, -0.25) is 4.79 Å². The Morgan fingerprint density at radius 3 is 2.45 bits per heavy atom. The minimum atomic E-state index is -1.51. The molecule has 0 aliphatic carbocycles. The van der Waals surface area contributed by atoms with Gasteiger partial charge in [-0.1, -0.05) is 0 Å². The zero-order valence-corrected chi connectivity index (χ0v) is 6.23. The average molecular weight is 164 g/mol. The van der Waals surface area contributed by atoms with E-state index in [1.54, 1.807) is 0 Å². The maximum absolute atomic E-state index is 10.5. The van der Waals surface area contributed by atoms with E-state index in [2.05, 4.69) is 4.74 Å². The van der Waals surface area contributed by atoms with Gasteiger partial charge in [0.25, 0.3) is 0 Å². The molecule has 0 aliphatic rings. The summed E-state index contributed by atoms with van der Waals surface area (Å²) in [4.78, 5) is 10.5. The van der Waals surface area contributed by atoms with Crippen LogP contribution in [0.25, 0.3) is 0 Å². The smallest absolute Gasteiger partial charge is 0.310 e. The van der Waals surface area contributed by atoms with Gasteiger partial charge in [0.1, 0.15) is 6.10 Å². The maximum Gasteiger partial charge on any atom is 0.310 e. The highest BCUT2D eigenvalue weighted by atomic mass is 16.6. The van der Waals surface area contributed by atoms with Gasteiger partial charge in [-0.25, -0.2) is 0 Å². The normalized spacial score (nSPS) is 15.6. The first-order chi connectivity index (χ1) is 5.07. The van der Waals surface area contributed by atoms with Gasteiger partial charge in [0.15, 0.2) is 0 Å². The molecular weight excluding hydrogens is 152 g/mol. The fraction of sp³-hybridized carbons (Fsp3) is 0.833. The van der Waals surface area contributed by atoms with E-state index >= 15 is 0 Å². The van der Waals surface area contributed by atoms with Crippen LogP contribution in [0.2, 0.25) is 0 Å². The number of aliphatic hydroxyl groups excluding tert-OH is 3. The van der Waals surface area contributed by atoms with Gasteiger partial charge in [-0.05, 0) is 6.92 Å². The van der Waals surface area contributed by atoms with Crippen LogP contribution in [0.3, 0.4) is 0 Å². The topological polar surface area (TPSA) is 87.0 Å². The molecule has 0 spiro atoms. The zero-order valence-electron chi connectivity index (χ0n) is 6.23. The maximum atomic E-state index is 10.5. The van der Waals surface area contributed by atoms with Crippen molar-refractivity contribution in [1.29, 1.82) is 0 Å². The molecule has 0 fully saturated rings. The first kappa shape index (κ1) is 10.3. The highest BCUT2D eigenvalue weighted by molar-refractivity contribution is 5.69. The third-order valence-electron chi connectivity index (χ3n) is 0.981. The van der Waals surface area contributed by atoms with Gasteiger partial charge >= 0.3 is 5.97 Å². The lowest BCUT2D eigenvalue weighted by atomic mass is 10.4. The molecular formula is C6H12O5. The summed E-state index contributed by atoms with van der Waals surface area (Å²) in [6, 6.07) is 0. The van der Waals surface area contributed by atoms with E-state index in [0.29, 0.717) is 0 Å². The summed E-state index contributed by atoms with van der Waals surface area (Å²) in [5.41, 5.74) is 0. The van der Waals surface area contributed by atoms with Gasteiger partial charge in [0, 0.05) is 0 Å². The Bertz CT molecular complexity index is 122. The quantitative estimate of drug-likeness (QED) is 0.352. The number of esters is 1. The van der Waals surface area contributed by atoms with Gasteiger partial charge in [0.05, 0.1) is 13.0 Å². The molecule has 0 amide bonds. The molecule has 2 unspecified atom stereocenters. The first-order valence-electron chi connectivity index (χ1n) is 3.24. The lowest BCUT2D eigenvalue weighted by Crippen LogP contribution is -2.28. The van der Waals surface area contributed by atoms with Crippen molar-refractivity contribution in [2.75, 3.05) is 6.61 Å². The summed E-state index contributed by atoms with van der Waals surface area (Å²) in [5.74, 6) is -0.735. The SMILES string of the molecule is CC(O)C(O)OC(=O)CCO. The van der Waals surface area contributed by atoms with Crippen molar-refractivity contribution in [2.24, 2.45) is 0 Å². The number of carbonyl (C=O) groups is 1. The number of aliphatic hydroxyl groups is 3. The van der Waals surface area contributed by atoms with Crippen molar-refractivity contribution in [1.82, 2.24) is 0 Å². The van der Waals surface area contributed by atoms with Crippen LogP contribution in [0.1, 0.15) is 13.3 Å². The predicted octanol–water partition coefficient (Wildman–Crippen LogP) is -1.39. The van der Waals surface area contributed by atoms with Crippen LogP contribution in [0, 0.1) is 0 Å². The summed E-state index contributed by atoms with van der Waals surface area (Å²) in [7, 11) is 0. The third kappa shape index (κ3) is 4.72. The van der Waals surface area contributed by atoms with Gasteiger partial charge in [-0.2, -0.15) is 0 Å². The molecule has 0 saturated carbocycles. The van der Waals surface area contributed by atoms with Gasteiger partial charge in [0.2, 0.25) is 6.29 Å². The van der Waals surface area contributed by atoms with Crippen molar-refractivity contribution in [3.05, 3.63) is 0 Å². The summed E-state index contributed by atoms with van der Waals surface area (Å²) in [6.07, 6.45) is -2.80. The van der Waals surface area contributed by atoms with Gasteiger partial charge < -0.3 is 20.1 Å². The van der Waals surface area contributed by atoms with E-state index in [9.17, 15) is 4.79 Å². The summed E-state index contributed by atoms with van der Waals surface area (Å²) in [6.45, 7) is 0.961. The highest BCUT2D eigenvalue weighted by Crippen LogP contribution is 1.96. The van der Waals surface area contributed by atoms with Crippen LogP contribution in [0.5, 0.6) is 0 Å². The minimum absolute atomic E-state index is 0.177. The number of rotatable bonds is 4. The van der Waals surface area contributed by atoms with E-state index in [0.717, 1.165) is 0 Å². The number of hydrogen-bond acceptors (Lipinski definition) is 5. The lowest BCUT2D eigenvalue weighted by molar-refractivity contribution is -0.185. The second kappa shape index (κ2) is 5.06. The lowest BCUT2D eigenvalue weighted by Gasteiger charge is -2.13. The van der Waals surface area contributed by atoms with Crippen LogP contribution < -0.4 is 0 Å². The Labute approximate surface area is 64.2 Å². The standard InChI is InChI=1S/C6H12O5/c1-4(8)6(10)11-5(9)2-3-7/h4,6-8,10H,2-3H2,1H3. The fourth-order valence-corrected chi connectivity index (χ4v) is 0.383. The van der Waals surface area contributed by atoms with Crippen molar-refractivity contribution in [3.8, 4) is 0 Å². The molecule has 11 heavy (non-hydrogen) atoms. The fourth-order valence-electron chi connectivity index (χ4n) is 0.383. The molecule has 66 valence electrons. The Hall–Kier alpha value is -0.650. The van der Waals surface area contributed by atoms with Crippen LogP contribution in [-0.2, 0) is 9.53 Å². The zero-order chi connectivity index (χ0) is 8.85. The summed E-state index contributed by atoms with van der Waals surface area (Å²) in [5, 5.41) is 25.6. The van der Waals surface area contributed by atoms with Crippen LogP contribution >= 0.6 is 0 Å². The molecule has 5 heteroatoms. The highest BCUT2D eigenvalue weighted by Gasteiger charge is 2.15. The number of ether oxygens (including phenoxy) is 1. The number of hydrogen-bond donors (Lipinski definition) is 3. The molecule has 0 bridgehead atoms. The molecule has 0 aromatic rings. The van der Waals surface area contributed by atoms with Crippen molar-refractivity contribution < 1.29 is 24.9 Å². The second-order valence-electron chi connectivity index (χ2n) is 2.09. The minimum Gasteiger partial charge on any atom is -0.433 e. The first-order valence-corrected chi connectivity index (χ1v) is 3.24. The van der Waals surface area contributed by atoms with Crippen LogP contribution in [0.15, 0.2) is 0 Å². The third-order valence-corrected chi connectivity index (χ3v) is 0.981. The van der Waals surface area contributed by atoms with Crippen molar-refractivity contribution in [3.63, 3.8) is 0 Å². The monoisotopic (exact) mass is 164 g/mol. The largest absolute Gasteiger partial charge is 0.433 e. The van der Waals surface area contributed by atoms with E-state index < -0.39 is 18.4 Å². The Morgan fingerprint density at radius 2 is 2.09 bits per heavy atom. The van der Waals surface area contributed by atoms with Crippen molar-refractivity contribution in [2.45, 2.75) is 25.7 Å². The number of carbonyl (C=O) groups excluding carboxylic acids is 1. The Morgan fingerprint density at radius 1 is 1.55 bits per heavy atom. The van der Waals surface area contributed by atoms with Crippen LogP contribution in [-0.4, -0.2) is 40.3 Å². The molecule has 0 aliphatic heterocycles. The van der Waals surface area contributed by atoms with E-state index in [4.69, 9.17) is 15.3 Å². The summed E-state index contributed by atoms with van der Waals surface area (Å²) >= 11 is 0. The molecule has 0 aromatic carbocycles. The molecule has 0 rings (SSSR count). The van der Waals surface area contributed by atoms with Crippen LogP contribution in [0.4, 0.5) is 0 Å². The van der Waals surface area contributed by atoms with E-state index in [1.165, 1.54) is 6.92 Å². The van der Waals surface area contributed by atoms with E-state index in [-0.39, 0.29) is 13.0 Å². The predicted molar refractivity (Wildman–Crippen MR) is 35.5 cm³/mol. The molecule has 0 saturated heterocycles. The van der Waals surface area contributed by atoms with E-state index in [1.807, 2.05) is 0 Å². The Balaban J connectivity index is 3.57. The summed E-state index contributed by atoms with van der Waals surface area (Å²) < 4.78 is 4.26. The molecule has 3 N–H and O–H groups in total. The molecule has 2 atom stereocenters. The molecule has 0 heterocycles. The second-order valence-corrected chi connectivity index (χ2v) is 2.09. The Kier molecular flexibility index (Phi) is 4.76. The van der Waals surface area contributed by atoms with Gasteiger partial charge in [-0.15, -0.1) is 0 Å². The molecule has 0 radical (unpaired) electrons. The molecule has 0 aromatic heterocycles. The average Bonchev–Trinajstić information content (AvgIpc) is 1.87.